The summed E-state index contributed by atoms with van der Waals surface area (Å²) in [6, 6.07) is -0.999. The van der Waals surface area contributed by atoms with Crippen molar-refractivity contribution in [3.8, 4) is 0 Å². The Morgan fingerprint density at radius 1 is 0.969 bits per heavy atom. The fourth-order valence-electron chi connectivity index (χ4n) is 3.83. The molecule has 0 aromatic heterocycles. The predicted octanol–water partition coefficient (Wildman–Crippen LogP) is 2.29. The van der Waals surface area contributed by atoms with Crippen LogP contribution in [0.2, 0.25) is 0 Å². The van der Waals surface area contributed by atoms with Crippen LogP contribution in [0.1, 0.15) is 38.5 Å². The number of nitrogens with zero attached hydrogens (tertiary/aromatic N) is 2. The van der Waals surface area contributed by atoms with Crippen LogP contribution >= 0.6 is 7.37 Å². The quantitative estimate of drug-likeness (QED) is 0.142. The Kier molecular flexibility index (Phi) is 11.8. The number of esters is 1. The molecule has 0 aromatic carbocycles. The molecule has 1 fully saturated rings. The molecule has 32 heavy (non-hydrogen) atoms. The number of hydrogen-bond donors (Lipinski definition) is 1. The van der Waals surface area contributed by atoms with Crippen LogP contribution in [-0.2, 0) is 33.4 Å². The molecule has 0 radical (unpaired) electrons. The van der Waals surface area contributed by atoms with E-state index >= 15 is 0 Å². The van der Waals surface area contributed by atoms with Gasteiger partial charge in [-0.1, -0.05) is 13.2 Å². The Morgan fingerprint density at radius 3 is 1.88 bits per heavy atom. The molecule has 0 saturated heterocycles. The molecule has 2 amide bonds. The Labute approximate surface area is 189 Å². The van der Waals surface area contributed by atoms with Gasteiger partial charge < -0.3 is 9.63 Å². The summed E-state index contributed by atoms with van der Waals surface area (Å²) in [6.07, 6.45) is 5.22. The third kappa shape index (κ3) is 8.86. The molecule has 3 unspecified atom stereocenters. The van der Waals surface area contributed by atoms with Gasteiger partial charge in [-0.2, -0.15) is 0 Å². The molecule has 0 bridgehead atoms. The van der Waals surface area contributed by atoms with Crippen molar-refractivity contribution in [2.75, 3.05) is 33.7 Å². The van der Waals surface area contributed by atoms with E-state index in [1.165, 1.54) is 20.9 Å². The number of carbonyl (C=O) groups excluding carboxylic acids is 3. The van der Waals surface area contributed by atoms with E-state index in [9.17, 15) is 23.8 Å². The lowest BCUT2D eigenvalue weighted by Gasteiger charge is -2.41. The molecule has 10 nitrogen and oxygen atoms in total. The number of hydrogen-bond acceptors (Lipinski definition) is 7. The van der Waals surface area contributed by atoms with Gasteiger partial charge in [0.2, 0.25) is 0 Å². The van der Waals surface area contributed by atoms with Gasteiger partial charge in [0.25, 0.3) is 11.8 Å². The van der Waals surface area contributed by atoms with Gasteiger partial charge in [-0.3, -0.25) is 28.6 Å². The summed E-state index contributed by atoms with van der Waals surface area (Å²) in [5, 5.41) is 2.28. The highest BCUT2D eigenvalue weighted by atomic mass is 31.2. The van der Waals surface area contributed by atoms with Crippen LogP contribution < -0.4 is 0 Å². The number of hydroxylamine groups is 4. The molecule has 1 saturated carbocycles. The first-order chi connectivity index (χ1) is 15.1. The molecule has 1 N–H and O–H groups in total. The van der Waals surface area contributed by atoms with Gasteiger partial charge in [-0.25, -0.2) is 10.1 Å². The maximum absolute atomic E-state index is 12.7. The Bertz CT molecular complexity index is 687. The van der Waals surface area contributed by atoms with Crippen molar-refractivity contribution in [1.29, 1.82) is 0 Å². The smallest absolute Gasteiger partial charge is 0.309 e. The maximum Gasteiger partial charge on any atom is 0.309 e. The van der Waals surface area contributed by atoms with Gasteiger partial charge >= 0.3 is 5.97 Å². The summed E-state index contributed by atoms with van der Waals surface area (Å²) in [5.74, 6) is -1.94. The van der Waals surface area contributed by atoms with Gasteiger partial charge in [0.05, 0.1) is 38.8 Å². The normalized spacial score (nSPS) is 22.3. The van der Waals surface area contributed by atoms with E-state index in [0.717, 1.165) is 22.3 Å². The minimum absolute atomic E-state index is 0.184. The monoisotopic (exact) mass is 474 g/mol. The van der Waals surface area contributed by atoms with Crippen LogP contribution in [0, 0.1) is 5.92 Å². The minimum atomic E-state index is -3.03. The standard InChI is InChI=1S/C21H35N2O8P/c1-6-19(24)22(29-3)17-13-16(14-18(15-17)23(30-4)20(25)7-2)21(26)31-11-9-8-10-12-32(5,27)28/h6-7,16-18H,1-2,8-15H2,3-5H3,(H,27,28). The highest BCUT2D eigenvalue weighted by molar-refractivity contribution is 7.57. The van der Waals surface area contributed by atoms with E-state index in [2.05, 4.69) is 13.2 Å². The van der Waals surface area contributed by atoms with Gasteiger partial charge in [0, 0.05) is 12.8 Å². The maximum atomic E-state index is 12.7. The first kappa shape index (κ1) is 28.0. The summed E-state index contributed by atoms with van der Waals surface area (Å²) >= 11 is 0. The lowest BCUT2D eigenvalue weighted by molar-refractivity contribution is -0.209. The summed E-state index contributed by atoms with van der Waals surface area (Å²) in [7, 11) is -0.326. The number of unbranched alkanes of at least 4 members (excludes halogenated alkanes) is 2. The molecule has 0 heterocycles. The zero-order chi connectivity index (χ0) is 24.3. The predicted molar refractivity (Wildman–Crippen MR) is 118 cm³/mol. The van der Waals surface area contributed by atoms with Crippen molar-refractivity contribution in [3.05, 3.63) is 25.3 Å². The molecule has 11 heteroatoms. The second kappa shape index (κ2) is 13.5. The molecule has 3 atom stereocenters. The average molecular weight is 474 g/mol. The second-order valence-electron chi connectivity index (χ2n) is 7.82. The second-order valence-corrected chi connectivity index (χ2v) is 10.4. The van der Waals surface area contributed by atoms with Crippen LogP contribution in [0.5, 0.6) is 0 Å². The Morgan fingerprint density at radius 2 is 1.47 bits per heavy atom. The van der Waals surface area contributed by atoms with Gasteiger partial charge in [-0.05, 0) is 50.7 Å². The average Bonchev–Trinajstić information content (AvgIpc) is 2.75. The summed E-state index contributed by atoms with van der Waals surface area (Å²) in [5.41, 5.74) is 0. The number of amides is 2. The van der Waals surface area contributed by atoms with Gasteiger partial charge in [0.15, 0.2) is 7.37 Å². The molecule has 0 aliphatic heterocycles. The fraction of sp³-hybridized carbons (Fsp3) is 0.667. The largest absolute Gasteiger partial charge is 0.465 e. The first-order valence-electron chi connectivity index (χ1n) is 10.5. The molecule has 1 aliphatic carbocycles. The van der Waals surface area contributed by atoms with Crippen LogP contribution in [-0.4, -0.2) is 78.5 Å². The van der Waals surface area contributed by atoms with Crippen LogP contribution in [0.25, 0.3) is 0 Å². The molecule has 0 spiro atoms. The topological polar surface area (TPSA) is 123 Å². The molecular formula is C21H35N2O8P. The summed E-state index contributed by atoms with van der Waals surface area (Å²) < 4.78 is 16.7. The van der Waals surface area contributed by atoms with Gasteiger partial charge in [0.1, 0.15) is 0 Å². The zero-order valence-electron chi connectivity index (χ0n) is 19.1. The molecule has 182 valence electrons. The SMILES string of the molecule is C=CC(=O)N(OC)C1CC(C(=O)OCCCCCP(C)(=O)O)CC(N(OC)C(=O)C=C)C1. The summed E-state index contributed by atoms with van der Waals surface area (Å²) in [4.78, 5) is 56.9. The van der Waals surface area contributed by atoms with Crippen LogP contribution in [0.15, 0.2) is 25.3 Å². The van der Waals surface area contributed by atoms with E-state index in [4.69, 9.17) is 14.4 Å². The van der Waals surface area contributed by atoms with E-state index in [-0.39, 0.29) is 12.8 Å². The fourth-order valence-corrected chi connectivity index (χ4v) is 4.64. The molecule has 1 rings (SSSR count). The van der Waals surface area contributed by atoms with Crippen LogP contribution in [0.4, 0.5) is 0 Å². The highest BCUT2D eigenvalue weighted by Gasteiger charge is 2.41. The third-order valence-corrected chi connectivity index (χ3v) is 6.44. The Hall–Kier alpha value is -2.00. The van der Waals surface area contributed by atoms with Crippen molar-refractivity contribution in [2.45, 2.75) is 50.6 Å². The molecule has 0 aromatic rings. The van der Waals surface area contributed by atoms with Crippen LogP contribution in [0.3, 0.4) is 0 Å². The van der Waals surface area contributed by atoms with Crippen molar-refractivity contribution >= 4 is 25.2 Å². The first-order valence-corrected chi connectivity index (χ1v) is 12.8. The van der Waals surface area contributed by atoms with Crippen molar-refractivity contribution in [3.63, 3.8) is 0 Å². The van der Waals surface area contributed by atoms with Gasteiger partial charge in [-0.15, -0.1) is 0 Å². The molecule has 1 aliphatic rings. The highest BCUT2D eigenvalue weighted by Crippen LogP contribution is 2.36. The number of carbonyl (C=O) groups is 3. The van der Waals surface area contributed by atoms with E-state index in [1.807, 2.05) is 0 Å². The lowest BCUT2D eigenvalue weighted by atomic mass is 9.82. The summed E-state index contributed by atoms with van der Waals surface area (Å²) in [6.45, 7) is 8.45. The van der Waals surface area contributed by atoms with Crippen molar-refractivity contribution < 1.29 is 38.3 Å². The number of rotatable bonds is 13. The molecular weight excluding hydrogens is 439 g/mol. The van der Waals surface area contributed by atoms with E-state index < -0.39 is 43.2 Å². The minimum Gasteiger partial charge on any atom is -0.465 e. The zero-order valence-corrected chi connectivity index (χ0v) is 20.0. The van der Waals surface area contributed by atoms with Crippen molar-refractivity contribution in [2.24, 2.45) is 5.92 Å². The Balaban J connectivity index is 2.83. The third-order valence-electron chi connectivity index (χ3n) is 5.29. The lowest BCUT2D eigenvalue weighted by Crippen LogP contribution is -2.51. The van der Waals surface area contributed by atoms with E-state index in [0.29, 0.717) is 38.5 Å². The van der Waals surface area contributed by atoms with Crippen molar-refractivity contribution in [1.82, 2.24) is 10.1 Å². The van der Waals surface area contributed by atoms with E-state index in [1.54, 1.807) is 0 Å². The number of ether oxygens (including phenoxy) is 1.